The molecule has 1 saturated heterocycles. The van der Waals surface area contributed by atoms with Crippen LogP contribution in [-0.4, -0.2) is 62.8 Å². The highest BCUT2D eigenvalue weighted by Gasteiger charge is 2.44. The maximum Gasteiger partial charge on any atom is 0.229 e. The third kappa shape index (κ3) is 2.87. The van der Waals surface area contributed by atoms with Gasteiger partial charge in [-0.05, 0) is 18.6 Å². The number of rotatable bonds is 3. The number of phenolic OH excluding ortho intramolecular Hbond substituents is 1. The molecule has 0 aromatic heterocycles. The molecular formula is C13H18O7. The summed E-state index contributed by atoms with van der Waals surface area (Å²) in [7, 11) is 0. The van der Waals surface area contributed by atoms with Crippen molar-refractivity contribution in [2.45, 2.75) is 37.6 Å². The van der Waals surface area contributed by atoms with Crippen molar-refractivity contribution < 1.29 is 35.0 Å². The Morgan fingerprint density at radius 2 is 1.85 bits per heavy atom. The summed E-state index contributed by atoms with van der Waals surface area (Å²) in [5.74, 6) is 0.254. The fourth-order valence-corrected chi connectivity index (χ4v) is 2.01. The number of aliphatic hydroxyl groups is 4. The van der Waals surface area contributed by atoms with Crippen LogP contribution in [0.5, 0.6) is 11.5 Å². The zero-order chi connectivity index (χ0) is 14.9. The van der Waals surface area contributed by atoms with E-state index >= 15 is 0 Å². The van der Waals surface area contributed by atoms with Crippen molar-refractivity contribution in [3.8, 4) is 11.5 Å². The number of aryl methyl sites for hydroxylation is 1. The van der Waals surface area contributed by atoms with Crippen molar-refractivity contribution in [1.29, 1.82) is 0 Å². The quantitative estimate of drug-likeness (QED) is 0.477. The monoisotopic (exact) mass is 286 g/mol. The summed E-state index contributed by atoms with van der Waals surface area (Å²) < 4.78 is 10.6. The van der Waals surface area contributed by atoms with Gasteiger partial charge in [0.25, 0.3) is 0 Å². The minimum absolute atomic E-state index is 0.0183. The van der Waals surface area contributed by atoms with Gasteiger partial charge in [-0.2, -0.15) is 0 Å². The molecule has 0 saturated carbocycles. The first kappa shape index (κ1) is 15.0. The molecule has 0 aliphatic carbocycles. The van der Waals surface area contributed by atoms with Crippen molar-refractivity contribution in [2.75, 3.05) is 6.61 Å². The fourth-order valence-electron chi connectivity index (χ4n) is 2.01. The lowest BCUT2D eigenvalue weighted by Gasteiger charge is -2.39. The Kier molecular flexibility index (Phi) is 4.46. The predicted octanol–water partition coefficient (Wildman–Crippen LogP) is -1.12. The number of aliphatic hydroxyl groups excluding tert-OH is 4. The van der Waals surface area contributed by atoms with Crippen LogP contribution in [0.15, 0.2) is 18.2 Å². The van der Waals surface area contributed by atoms with Gasteiger partial charge in [0.1, 0.15) is 35.9 Å². The first-order valence-corrected chi connectivity index (χ1v) is 6.21. The average Bonchev–Trinajstić information content (AvgIpc) is 2.43. The molecule has 1 fully saturated rings. The fraction of sp³-hybridized carbons (Fsp3) is 0.538. The largest absolute Gasteiger partial charge is 0.508 e. The van der Waals surface area contributed by atoms with Gasteiger partial charge < -0.3 is 35.0 Å². The van der Waals surface area contributed by atoms with Gasteiger partial charge in [0.05, 0.1) is 6.61 Å². The van der Waals surface area contributed by atoms with Crippen LogP contribution in [0, 0.1) is 6.92 Å². The van der Waals surface area contributed by atoms with E-state index in [4.69, 9.17) is 14.6 Å². The molecule has 1 aliphatic heterocycles. The molecule has 20 heavy (non-hydrogen) atoms. The van der Waals surface area contributed by atoms with E-state index in [0.29, 0.717) is 5.56 Å². The van der Waals surface area contributed by atoms with Crippen LogP contribution in [0.1, 0.15) is 5.56 Å². The molecular weight excluding hydrogens is 268 g/mol. The number of aromatic hydroxyl groups is 1. The topological polar surface area (TPSA) is 120 Å². The molecule has 5 N–H and O–H groups in total. The van der Waals surface area contributed by atoms with Gasteiger partial charge in [-0.3, -0.25) is 0 Å². The second kappa shape index (κ2) is 5.94. The van der Waals surface area contributed by atoms with E-state index in [9.17, 15) is 20.4 Å². The number of ether oxygens (including phenoxy) is 2. The molecule has 112 valence electrons. The summed E-state index contributed by atoms with van der Waals surface area (Å²) in [5.41, 5.74) is 0.694. The molecule has 5 atom stereocenters. The molecule has 0 amide bonds. The molecule has 1 aromatic carbocycles. The van der Waals surface area contributed by atoms with Crippen molar-refractivity contribution in [3.63, 3.8) is 0 Å². The normalized spacial score (nSPS) is 34.0. The van der Waals surface area contributed by atoms with Crippen molar-refractivity contribution >= 4 is 0 Å². The second-order valence-corrected chi connectivity index (χ2v) is 4.76. The van der Waals surface area contributed by atoms with Crippen LogP contribution in [0.25, 0.3) is 0 Å². The maximum absolute atomic E-state index is 9.84. The smallest absolute Gasteiger partial charge is 0.229 e. The lowest BCUT2D eigenvalue weighted by Crippen LogP contribution is -2.60. The third-order valence-electron chi connectivity index (χ3n) is 3.26. The number of phenols is 1. The van der Waals surface area contributed by atoms with Crippen molar-refractivity contribution in [2.24, 2.45) is 0 Å². The summed E-state index contributed by atoms with van der Waals surface area (Å²) in [5, 5.41) is 47.6. The molecule has 0 radical (unpaired) electrons. The van der Waals surface area contributed by atoms with Gasteiger partial charge in [-0.25, -0.2) is 0 Å². The molecule has 1 aliphatic rings. The highest BCUT2D eigenvalue weighted by molar-refractivity contribution is 5.39. The molecule has 3 unspecified atom stereocenters. The van der Waals surface area contributed by atoms with E-state index in [-0.39, 0.29) is 11.5 Å². The van der Waals surface area contributed by atoms with Crippen LogP contribution in [0.3, 0.4) is 0 Å². The van der Waals surface area contributed by atoms with Crippen LogP contribution in [-0.2, 0) is 4.74 Å². The lowest BCUT2D eigenvalue weighted by atomic mass is 9.99. The Balaban J connectivity index is 2.17. The van der Waals surface area contributed by atoms with Crippen LogP contribution >= 0.6 is 0 Å². The van der Waals surface area contributed by atoms with Crippen LogP contribution in [0.4, 0.5) is 0 Å². The van der Waals surface area contributed by atoms with Gasteiger partial charge in [-0.15, -0.1) is 0 Å². The van der Waals surface area contributed by atoms with Gasteiger partial charge in [0.15, 0.2) is 0 Å². The molecule has 2 rings (SSSR count). The SMILES string of the molecule is Cc1ccc(O)cc1O[C@@H]1OC(CO)[C@H](O)C(O)C1O. The minimum atomic E-state index is -1.50. The molecule has 1 heterocycles. The number of hydrogen-bond donors (Lipinski definition) is 5. The molecule has 0 bridgehead atoms. The van der Waals surface area contributed by atoms with E-state index in [1.54, 1.807) is 13.0 Å². The van der Waals surface area contributed by atoms with E-state index in [1.807, 2.05) is 0 Å². The summed E-state index contributed by atoms with van der Waals surface area (Å²) in [6.45, 7) is 1.21. The zero-order valence-corrected chi connectivity index (χ0v) is 10.9. The molecule has 7 heteroatoms. The Morgan fingerprint density at radius 3 is 2.50 bits per heavy atom. The maximum atomic E-state index is 9.84. The number of hydrogen-bond acceptors (Lipinski definition) is 7. The zero-order valence-electron chi connectivity index (χ0n) is 10.9. The van der Waals surface area contributed by atoms with Crippen molar-refractivity contribution in [1.82, 2.24) is 0 Å². The Labute approximate surface area is 115 Å². The summed E-state index contributed by atoms with van der Waals surface area (Å²) in [6, 6.07) is 4.45. The third-order valence-corrected chi connectivity index (χ3v) is 3.26. The lowest BCUT2D eigenvalue weighted by molar-refractivity contribution is -0.277. The van der Waals surface area contributed by atoms with E-state index in [0.717, 1.165) is 0 Å². The van der Waals surface area contributed by atoms with Crippen LogP contribution in [0.2, 0.25) is 0 Å². The first-order valence-electron chi connectivity index (χ1n) is 6.21. The summed E-state index contributed by atoms with van der Waals surface area (Å²) in [4.78, 5) is 0. The standard InChI is InChI=1S/C13H18O7/c1-6-2-3-7(15)4-8(6)19-13-12(18)11(17)10(16)9(5-14)20-13/h2-4,9-18H,5H2,1H3/t9?,10-,11?,12?,13+/m0/s1. The molecule has 0 spiro atoms. The Morgan fingerprint density at radius 1 is 1.15 bits per heavy atom. The Hall–Kier alpha value is -1.38. The minimum Gasteiger partial charge on any atom is -0.508 e. The van der Waals surface area contributed by atoms with Gasteiger partial charge in [0, 0.05) is 6.07 Å². The number of benzene rings is 1. The summed E-state index contributed by atoms with van der Waals surface area (Å²) >= 11 is 0. The summed E-state index contributed by atoms with van der Waals surface area (Å²) in [6.07, 6.45) is -6.69. The van der Waals surface area contributed by atoms with Gasteiger partial charge in [-0.1, -0.05) is 6.07 Å². The first-order chi connectivity index (χ1) is 9.43. The van der Waals surface area contributed by atoms with Gasteiger partial charge in [0.2, 0.25) is 6.29 Å². The molecule has 7 nitrogen and oxygen atoms in total. The highest BCUT2D eigenvalue weighted by Crippen LogP contribution is 2.28. The van der Waals surface area contributed by atoms with Crippen LogP contribution < -0.4 is 4.74 Å². The average molecular weight is 286 g/mol. The van der Waals surface area contributed by atoms with E-state index < -0.39 is 37.3 Å². The van der Waals surface area contributed by atoms with Gasteiger partial charge >= 0.3 is 0 Å². The second-order valence-electron chi connectivity index (χ2n) is 4.76. The Bertz CT molecular complexity index is 462. The highest BCUT2D eigenvalue weighted by atomic mass is 16.7. The van der Waals surface area contributed by atoms with E-state index in [2.05, 4.69) is 0 Å². The molecule has 1 aromatic rings. The predicted molar refractivity (Wildman–Crippen MR) is 67.2 cm³/mol. The van der Waals surface area contributed by atoms with Crippen molar-refractivity contribution in [3.05, 3.63) is 23.8 Å². The van der Waals surface area contributed by atoms with E-state index in [1.165, 1.54) is 12.1 Å².